The second-order valence-corrected chi connectivity index (χ2v) is 6.08. The Balaban J connectivity index is 1.63. The highest BCUT2D eigenvalue weighted by atomic mass is 19.1. The average molecular weight is 312 g/mol. The van der Waals surface area contributed by atoms with Gasteiger partial charge in [-0.1, -0.05) is 36.4 Å². The van der Waals surface area contributed by atoms with E-state index in [0.29, 0.717) is 12.1 Å². The van der Waals surface area contributed by atoms with Gasteiger partial charge in [-0.15, -0.1) is 0 Å². The second-order valence-electron chi connectivity index (χ2n) is 6.08. The molecule has 1 aliphatic heterocycles. The minimum atomic E-state index is -0.369. The van der Waals surface area contributed by atoms with E-state index in [9.17, 15) is 9.18 Å². The van der Waals surface area contributed by atoms with Crippen LogP contribution in [-0.4, -0.2) is 41.4 Å². The van der Waals surface area contributed by atoms with Crippen molar-refractivity contribution in [2.45, 2.75) is 19.5 Å². The largest absolute Gasteiger partial charge is 0.333 e. The smallest absolute Gasteiger partial charge is 0.254 e. The molecule has 3 nitrogen and oxygen atoms in total. The first-order valence-corrected chi connectivity index (χ1v) is 7.96. The highest BCUT2D eigenvalue weighted by molar-refractivity contribution is 5.94. The Morgan fingerprint density at radius 1 is 1.13 bits per heavy atom. The zero-order valence-electron chi connectivity index (χ0n) is 13.3. The molecule has 1 atom stereocenters. The molecule has 1 fully saturated rings. The number of carbonyl (C=O) groups excluding carboxylic acids is 1. The number of halogens is 1. The molecule has 1 aliphatic rings. The van der Waals surface area contributed by atoms with Crippen molar-refractivity contribution in [3.63, 3.8) is 0 Å². The zero-order chi connectivity index (χ0) is 16.2. The fourth-order valence-corrected chi connectivity index (χ4v) is 3.11. The van der Waals surface area contributed by atoms with E-state index in [1.165, 1.54) is 17.7 Å². The SMILES string of the molecule is C[C@@H]1CN(Cc2ccccc2)CCN1C(=O)c1cccc(F)c1. The van der Waals surface area contributed by atoms with Gasteiger partial charge in [0.25, 0.3) is 5.91 Å². The first-order chi connectivity index (χ1) is 11.1. The van der Waals surface area contributed by atoms with Crippen LogP contribution >= 0.6 is 0 Å². The molecule has 0 radical (unpaired) electrons. The summed E-state index contributed by atoms with van der Waals surface area (Å²) in [6, 6.07) is 16.4. The quantitative estimate of drug-likeness (QED) is 0.869. The van der Waals surface area contributed by atoms with Crippen molar-refractivity contribution in [2.24, 2.45) is 0 Å². The second kappa shape index (κ2) is 6.92. The molecule has 3 rings (SSSR count). The number of hydrogen-bond donors (Lipinski definition) is 0. The topological polar surface area (TPSA) is 23.6 Å². The van der Waals surface area contributed by atoms with Gasteiger partial charge in [-0.25, -0.2) is 4.39 Å². The van der Waals surface area contributed by atoms with Crippen molar-refractivity contribution in [3.8, 4) is 0 Å². The number of rotatable bonds is 3. The number of benzene rings is 2. The van der Waals surface area contributed by atoms with E-state index in [4.69, 9.17) is 0 Å². The Kier molecular flexibility index (Phi) is 4.72. The summed E-state index contributed by atoms with van der Waals surface area (Å²) in [6.45, 7) is 5.28. The van der Waals surface area contributed by atoms with Crippen molar-refractivity contribution in [3.05, 3.63) is 71.5 Å². The van der Waals surface area contributed by atoms with E-state index in [-0.39, 0.29) is 17.8 Å². The molecule has 120 valence electrons. The van der Waals surface area contributed by atoms with Crippen molar-refractivity contribution >= 4 is 5.91 Å². The lowest BCUT2D eigenvalue weighted by Crippen LogP contribution is -2.53. The van der Waals surface area contributed by atoms with Gasteiger partial charge in [0.2, 0.25) is 0 Å². The third-order valence-corrected chi connectivity index (χ3v) is 4.29. The Bertz CT molecular complexity index is 674. The minimum Gasteiger partial charge on any atom is -0.333 e. The summed E-state index contributed by atoms with van der Waals surface area (Å²) in [7, 11) is 0. The molecule has 0 spiro atoms. The maximum absolute atomic E-state index is 13.3. The molecule has 0 aliphatic carbocycles. The number of nitrogens with zero attached hydrogens (tertiary/aromatic N) is 2. The van der Waals surface area contributed by atoms with Gasteiger partial charge in [0.1, 0.15) is 5.82 Å². The minimum absolute atomic E-state index is 0.0867. The molecule has 2 aromatic carbocycles. The van der Waals surface area contributed by atoms with E-state index < -0.39 is 0 Å². The Morgan fingerprint density at radius 3 is 2.61 bits per heavy atom. The van der Waals surface area contributed by atoms with E-state index in [2.05, 4.69) is 17.0 Å². The molecule has 0 bridgehead atoms. The zero-order valence-corrected chi connectivity index (χ0v) is 13.3. The highest BCUT2D eigenvalue weighted by Crippen LogP contribution is 2.16. The maximum atomic E-state index is 13.3. The highest BCUT2D eigenvalue weighted by Gasteiger charge is 2.28. The van der Waals surface area contributed by atoms with Gasteiger partial charge < -0.3 is 4.90 Å². The van der Waals surface area contributed by atoms with Crippen LogP contribution in [0, 0.1) is 5.82 Å². The molecule has 4 heteroatoms. The van der Waals surface area contributed by atoms with Gasteiger partial charge >= 0.3 is 0 Å². The molecule has 1 saturated heterocycles. The maximum Gasteiger partial charge on any atom is 0.254 e. The summed E-state index contributed by atoms with van der Waals surface area (Å²) in [4.78, 5) is 16.8. The summed E-state index contributed by atoms with van der Waals surface area (Å²) in [5.41, 5.74) is 1.71. The van der Waals surface area contributed by atoms with Crippen LogP contribution in [0.3, 0.4) is 0 Å². The van der Waals surface area contributed by atoms with Gasteiger partial charge in [-0.05, 0) is 30.7 Å². The van der Waals surface area contributed by atoms with Gasteiger partial charge in [0, 0.05) is 37.8 Å². The van der Waals surface area contributed by atoms with E-state index in [1.807, 2.05) is 30.0 Å². The van der Waals surface area contributed by atoms with Crippen LogP contribution in [-0.2, 0) is 6.54 Å². The molecule has 0 N–H and O–H groups in total. The number of carbonyl (C=O) groups is 1. The Labute approximate surface area is 136 Å². The van der Waals surface area contributed by atoms with Gasteiger partial charge in [0.15, 0.2) is 0 Å². The molecule has 1 amide bonds. The fourth-order valence-electron chi connectivity index (χ4n) is 3.11. The van der Waals surface area contributed by atoms with Crippen LogP contribution in [0.5, 0.6) is 0 Å². The summed E-state index contributed by atoms with van der Waals surface area (Å²) in [5.74, 6) is -0.456. The molecule has 2 aromatic rings. The van der Waals surface area contributed by atoms with Crippen LogP contribution in [0.1, 0.15) is 22.8 Å². The van der Waals surface area contributed by atoms with E-state index in [1.54, 1.807) is 12.1 Å². The van der Waals surface area contributed by atoms with Gasteiger partial charge in [0.05, 0.1) is 0 Å². The van der Waals surface area contributed by atoms with Crippen molar-refractivity contribution in [1.29, 1.82) is 0 Å². The summed E-state index contributed by atoms with van der Waals surface area (Å²) in [6.07, 6.45) is 0. The first kappa shape index (κ1) is 15.7. The van der Waals surface area contributed by atoms with E-state index >= 15 is 0 Å². The average Bonchev–Trinajstić information content (AvgIpc) is 2.55. The monoisotopic (exact) mass is 312 g/mol. The first-order valence-electron chi connectivity index (χ1n) is 7.96. The molecule has 0 unspecified atom stereocenters. The third-order valence-electron chi connectivity index (χ3n) is 4.29. The Hall–Kier alpha value is -2.20. The van der Waals surface area contributed by atoms with Gasteiger partial charge in [-0.3, -0.25) is 9.69 Å². The number of amides is 1. The molecule has 23 heavy (non-hydrogen) atoms. The van der Waals surface area contributed by atoms with Gasteiger partial charge in [-0.2, -0.15) is 0 Å². The lowest BCUT2D eigenvalue weighted by molar-refractivity contribution is 0.0475. The molecule has 0 saturated carbocycles. The molecular formula is C19H21FN2O. The van der Waals surface area contributed by atoms with Crippen LogP contribution in [0.2, 0.25) is 0 Å². The summed E-state index contributed by atoms with van der Waals surface area (Å²) < 4.78 is 13.3. The van der Waals surface area contributed by atoms with Crippen LogP contribution in [0.25, 0.3) is 0 Å². The fraction of sp³-hybridized carbons (Fsp3) is 0.316. The molecular weight excluding hydrogens is 291 g/mol. The summed E-state index contributed by atoms with van der Waals surface area (Å²) >= 11 is 0. The standard InChI is InChI=1S/C19H21FN2O/c1-15-13-21(14-16-6-3-2-4-7-16)10-11-22(15)19(23)17-8-5-9-18(20)12-17/h2-9,12,15H,10-11,13-14H2,1H3/t15-/m1/s1. The lowest BCUT2D eigenvalue weighted by Gasteiger charge is -2.40. The van der Waals surface area contributed by atoms with Crippen molar-refractivity contribution in [1.82, 2.24) is 9.80 Å². The van der Waals surface area contributed by atoms with Crippen molar-refractivity contribution < 1.29 is 9.18 Å². The van der Waals surface area contributed by atoms with Crippen molar-refractivity contribution in [2.75, 3.05) is 19.6 Å². The van der Waals surface area contributed by atoms with Crippen LogP contribution in [0.4, 0.5) is 4.39 Å². The predicted molar refractivity (Wildman–Crippen MR) is 88.6 cm³/mol. The van der Waals surface area contributed by atoms with Crippen LogP contribution < -0.4 is 0 Å². The predicted octanol–water partition coefficient (Wildman–Crippen LogP) is 3.17. The summed E-state index contributed by atoms with van der Waals surface area (Å²) in [5, 5.41) is 0. The lowest BCUT2D eigenvalue weighted by atomic mass is 10.1. The number of piperazine rings is 1. The normalized spacial score (nSPS) is 18.9. The van der Waals surface area contributed by atoms with E-state index in [0.717, 1.165) is 19.6 Å². The molecule has 1 heterocycles. The van der Waals surface area contributed by atoms with Crippen LogP contribution in [0.15, 0.2) is 54.6 Å². The number of hydrogen-bond acceptors (Lipinski definition) is 2. The molecule has 0 aromatic heterocycles. The Morgan fingerprint density at radius 2 is 1.91 bits per heavy atom. The third kappa shape index (κ3) is 3.77.